The number of nitrogens with one attached hydrogen (secondary N) is 2. The molecule has 110 valence electrons. The van der Waals surface area contributed by atoms with Gasteiger partial charge in [0.25, 0.3) is 5.91 Å². The van der Waals surface area contributed by atoms with Gasteiger partial charge in [-0.15, -0.1) is 6.42 Å². The van der Waals surface area contributed by atoms with Crippen molar-refractivity contribution in [3.63, 3.8) is 0 Å². The predicted octanol–water partition coefficient (Wildman–Crippen LogP) is 1.43. The molecule has 0 saturated carbocycles. The number of nitrogens with zero attached hydrogens (tertiary/aromatic N) is 2. The molecule has 2 N–H and O–H groups in total. The van der Waals surface area contributed by atoms with Gasteiger partial charge in [-0.2, -0.15) is 0 Å². The van der Waals surface area contributed by atoms with Crippen LogP contribution >= 0.6 is 0 Å². The fourth-order valence-electron chi connectivity index (χ4n) is 2.56. The van der Waals surface area contributed by atoms with Crippen molar-refractivity contribution in [2.75, 3.05) is 7.05 Å². The Kier molecular flexibility index (Phi) is 4.13. The number of imidazole rings is 1. The number of H-pyrrole nitrogens is 1. The number of rotatable bonds is 4. The van der Waals surface area contributed by atoms with Gasteiger partial charge in [-0.3, -0.25) is 14.3 Å². The Morgan fingerprint density at radius 3 is 2.71 bits per heavy atom. The fraction of sp³-hybridized carbons (Fsp3) is 0.400. The van der Waals surface area contributed by atoms with E-state index in [1.807, 2.05) is 13.8 Å². The molecule has 2 aromatic heterocycles. The molecule has 0 bridgehead atoms. The molecule has 2 aromatic rings. The molecule has 21 heavy (non-hydrogen) atoms. The number of carbonyl (C=O) groups excluding carboxylic acids is 1. The van der Waals surface area contributed by atoms with Crippen LogP contribution in [0.25, 0.3) is 11.2 Å². The van der Waals surface area contributed by atoms with Crippen molar-refractivity contribution in [2.45, 2.75) is 32.7 Å². The molecule has 0 aliphatic heterocycles. The fourth-order valence-corrected chi connectivity index (χ4v) is 2.56. The third-order valence-corrected chi connectivity index (χ3v) is 3.66. The first-order valence-corrected chi connectivity index (χ1v) is 6.90. The van der Waals surface area contributed by atoms with Crippen LogP contribution < -0.4 is 11.0 Å². The van der Waals surface area contributed by atoms with E-state index in [-0.39, 0.29) is 17.6 Å². The summed E-state index contributed by atoms with van der Waals surface area (Å²) >= 11 is 0. The Labute approximate surface area is 122 Å². The summed E-state index contributed by atoms with van der Waals surface area (Å²) in [4.78, 5) is 31.3. The molecule has 6 nitrogen and oxygen atoms in total. The van der Waals surface area contributed by atoms with Crippen LogP contribution in [0.1, 0.15) is 48.7 Å². The Morgan fingerprint density at radius 1 is 1.52 bits per heavy atom. The second-order valence-corrected chi connectivity index (χ2v) is 4.74. The zero-order chi connectivity index (χ0) is 15.6. The second kappa shape index (κ2) is 5.83. The summed E-state index contributed by atoms with van der Waals surface area (Å²) in [5.41, 5.74) is 1.27. The van der Waals surface area contributed by atoms with Gasteiger partial charge in [0, 0.05) is 19.3 Å². The van der Waals surface area contributed by atoms with Gasteiger partial charge in [-0.1, -0.05) is 19.8 Å². The van der Waals surface area contributed by atoms with Crippen LogP contribution in [0.4, 0.5) is 0 Å². The number of amides is 1. The minimum atomic E-state index is -0.325. The monoisotopic (exact) mass is 286 g/mol. The van der Waals surface area contributed by atoms with Crippen molar-refractivity contribution in [3.8, 4) is 12.3 Å². The highest BCUT2D eigenvalue weighted by Crippen LogP contribution is 2.24. The first-order valence-electron chi connectivity index (χ1n) is 6.90. The van der Waals surface area contributed by atoms with Crippen molar-refractivity contribution in [3.05, 3.63) is 27.8 Å². The Balaban J connectivity index is 2.93. The van der Waals surface area contributed by atoms with E-state index in [0.717, 1.165) is 12.8 Å². The summed E-state index contributed by atoms with van der Waals surface area (Å²) in [5, 5.41) is 2.57. The summed E-state index contributed by atoms with van der Waals surface area (Å²) in [6, 6.07) is -0.00974. The van der Waals surface area contributed by atoms with Gasteiger partial charge < -0.3 is 5.32 Å². The largest absolute Gasteiger partial charge is 0.355 e. The van der Waals surface area contributed by atoms with Crippen LogP contribution in [0.5, 0.6) is 0 Å². The molecule has 2 rings (SSSR count). The van der Waals surface area contributed by atoms with Gasteiger partial charge in [-0.05, 0) is 12.8 Å². The van der Waals surface area contributed by atoms with Gasteiger partial charge in [0.1, 0.15) is 5.52 Å². The number of fused-ring (bicyclic) bond motifs is 1. The van der Waals surface area contributed by atoms with Gasteiger partial charge in [-0.25, -0.2) is 9.78 Å². The summed E-state index contributed by atoms with van der Waals surface area (Å²) in [6.07, 6.45) is 8.44. The standard InChI is InChI=1S/C15H18N4O2/c1-5-9-8-17-13-12(11(9)14(20)16-4)19(15(21)18-13)10(6-2)7-3/h1,8,10H,6-7H2,2-4H3,(H,16,20)(H,17,18,21). The van der Waals surface area contributed by atoms with E-state index in [2.05, 4.69) is 21.2 Å². The van der Waals surface area contributed by atoms with Crippen LogP contribution in [-0.4, -0.2) is 27.5 Å². The molecule has 0 spiro atoms. The maximum Gasteiger partial charge on any atom is 0.327 e. The van der Waals surface area contributed by atoms with E-state index in [4.69, 9.17) is 6.42 Å². The number of hydrogen-bond donors (Lipinski definition) is 2. The third-order valence-electron chi connectivity index (χ3n) is 3.66. The number of terminal acetylenes is 1. The molecule has 0 aliphatic carbocycles. The average molecular weight is 286 g/mol. The molecule has 0 fully saturated rings. The molecule has 0 aromatic carbocycles. The van der Waals surface area contributed by atoms with E-state index in [9.17, 15) is 9.59 Å². The molecule has 0 unspecified atom stereocenters. The van der Waals surface area contributed by atoms with Crippen molar-refractivity contribution in [2.24, 2.45) is 0 Å². The summed E-state index contributed by atoms with van der Waals surface area (Å²) in [6.45, 7) is 3.99. The molecule has 0 atom stereocenters. The van der Waals surface area contributed by atoms with Gasteiger partial charge in [0.05, 0.1) is 11.1 Å². The Hall–Kier alpha value is -2.55. The number of pyridine rings is 1. The Morgan fingerprint density at radius 2 is 2.19 bits per heavy atom. The summed E-state index contributed by atoms with van der Waals surface area (Å²) < 4.78 is 1.59. The third kappa shape index (κ3) is 2.31. The maximum absolute atomic E-state index is 12.2. The lowest BCUT2D eigenvalue weighted by Crippen LogP contribution is -2.25. The van der Waals surface area contributed by atoms with E-state index >= 15 is 0 Å². The molecule has 0 radical (unpaired) electrons. The second-order valence-electron chi connectivity index (χ2n) is 4.74. The topological polar surface area (TPSA) is 79.8 Å². The molecular weight excluding hydrogens is 268 g/mol. The molecule has 0 saturated heterocycles. The minimum Gasteiger partial charge on any atom is -0.355 e. The van der Waals surface area contributed by atoms with E-state index in [0.29, 0.717) is 22.3 Å². The van der Waals surface area contributed by atoms with Crippen molar-refractivity contribution in [1.82, 2.24) is 19.9 Å². The number of carbonyl (C=O) groups is 1. The molecular formula is C15H18N4O2. The smallest absolute Gasteiger partial charge is 0.327 e. The number of aromatic amines is 1. The zero-order valence-corrected chi connectivity index (χ0v) is 12.4. The SMILES string of the molecule is C#Cc1cnc2[nH]c(=O)n(C(CC)CC)c2c1C(=O)NC. The highest BCUT2D eigenvalue weighted by Gasteiger charge is 2.23. The van der Waals surface area contributed by atoms with Crippen molar-refractivity contribution >= 4 is 17.1 Å². The lowest BCUT2D eigenvalue weighted by Gasteiger charge is -2.16. The molecule has 6 heteroatoms. The van der Waals surface area contributed by atoms with Crippen molar-refractivity contribution in [1.29, 1.82) is 0 Å². The minimum absolute atomic E-state index is 0.00974. The first kappa shape index (κ1) is 14.9. The van der Waals surface area contributed by atoms with Gasteiger partial charge in [0.2, 0.25) is 0 Å². The quantitative estimate of drug-likeness (QED) is 0.834. The summed E-state index contributed by atoms with van der Waals surface area (Å²) in [5.74, 6) is 2.14. The molecule has 0 aliphatic rings. The van der Waals surface area contributed by atoms with Crippen LogP contribution in [0.2, 0.25) is 0 Å². The van der Waals surface area contributed by atoms with E-state index < -0.39 is 0 Å². The van der Waals surface area contributed by atoms with Crippen LogP contribution in [0.3, 0.4) is 0 Å². The lowest BCUT2D eigenvalue weighted by atomic mass is 10.1. The predicted molar refractivity (Wildman–Crippen MR) is 81.3 cm³/mol. The highest BCUT2D eigenvalue weighted by atomic mass is 16.2. The molecule has 2 heterocycles. The summed E-state index contributed by atoms with van der Waals surface area (Å²) in [7, 11) is 1.53. The van der Waals surface area contributed by atoms with Gasteiger partial charge in [0.15, 0.2) is 5.65 Å². The highest BCUT2D eigenvalue weighted by molar-refractivity contribution is 6.06. The van der Waals surface area contributed by atoms with E-state index in [1.54, 1.807) is 4.57 Å². The first-order chi connectivity index (χ1) is 10.1. The lowest BCUT2D eigenvalue weighted by molar-refractivity contribution is 0.0964. The Bertz CT molecular complexity index is 775. The van der Waals surface area contributed by atoms with Crippen molar-refractivity contribution < 1.29 is 4.79 Å². The van der Waals surface area contributed by atoms with E-state index in [1.165, 1.54) is 13.2 Å². The normalized spacial score (nSPS) is 10.8. The number of aromatic nitrogens is 3. The average Bonchev–Trinajstić information content (AvgIpc) is 2.83. The zero-order valence-electron chi connectivity index (χ0n) is 12.4. The molecule has 1 amide bonds. The van der Waals surface area contributed by atoms with Gasteiger partial charge >= 0.3 is 5.69 Å². The maximum atomic E-state index is 12.2. The van der Waals surface area contributed by atoms with Crippen LogP contribution in [0, 0.1) is 12.3 Å². The van der Waals surface area contributed by atoms with Crippen LogP contribution in [-0.2, 0) is 0 Å². The number of hydrogen-bond acceptors (Lipinski definition) is 3. The van der Waals surface area contributed by atoms with Crippen LogP contribution in [0.15, 0.2) is 11.0 Å².